The van der Waals surface area contributed by atoms with Gasteiger partial charge >= 0.3 is 5.97 Å². The molecule has 5 nitrogen and oxygen atoms in total. The number of amides is 1. The number of hydrogen-bond acceptors (Lipinski definition) is 4. The summed E-state index contributed by atoms with van der Waals surface area (Å²) in [6.45, 7) is 2.68. The predicted molar refractivity (Wildman–Crippen MR) is 64.9 cm³/mol. The Bertz CT molecular complexity index is 365. The SMILES string of the molecule is CCN(CCC(=O)O)C(=O)CCc1nccs1. The van der Waals surface area contributed by atoms with Crippen LogP contribution >= 0.6 is 11.3 Å². The van der Waals surface area contributed by atoms with E-state index in [-0.39, 0.29) is 18.9 Å². The Balaban J connectivity index is 2.35. The fourth-order valence-electron chi connectivity index (χ4n) is 1.44. The van der Waals surface area contributed by atoms with Crippen LogP contribution in [-0.2, 0) is 16.0 Å². The van der Waals surface area contributed by atoms with Gasteiger partial charge < -0.3 is 10.0 Å². The molecule has 0 saturated carbocycles. The van der Waals surface area contributed by atoms with E-state index in [1.807, 2.05) is 12.3 Å². The van der Waals surface area contributed by atoms with Crippen LogP contribution in [0.15, 0.2) is 11.6 Å². The van der Waals surface area contributed by atoms with Crippen LogP contribution in [-0.4, -0.2) is 40.0 Å². The molecular formula is C11H16N2O3S. The number of nitrogens with zero attached hydrogens (tertiary/aromatic N) is 2. The molecule has 0 spiro atoms. The summed E-state index contributed by atoms with van der Waals surface area (Å²) in [5.41, 5.74) is 0. The first kappa shape index (κ1) is 13.6. The highest BCUT2D eigenvalue weighted by Crippen LogP contribution is 2.08. The molecule has 0 aliphatic rings. The van der Waals surface area contributed by atoms with Crippen molar-refractivity contribution in [1.29, 1.82) is 0 Å². The Morgan fingerprint density at radius 3 is 2.76 bits per heavy atom. The first-order chi connectivity index (χ1) is 8.13. The predicted octanol–water partition coefficient (Wildman–Crippen LogP) is 1.40. The topological polar surface area (TPSA) is 70.5 Å². The van der Waals surface area contributed by atoms with Crippen LogP contribution in [0.3, 0.4) is 0 Å². The van der Waals surface area contributed by atoms with Crippen molar-refractivity contribution in [2.24, 2.45) is 0 Å². The number of carbonyl (C=O) groups is 2. The van der Waals surface area contributed by atoms with Gasteiger partial charge in [-0.05, 0) is 6.92 Å². The average Bonchev–Trinajstić information content (AvgIpc) is 2.79. The highest BCUT2D eigenvalue weighted by atomic mass is 32.1. The molecule has 1 rings (SSSR count). The number of thiazole rings is 1. The quantitative estimate of drug-likeness (QED) is 0.800. The molecule has 6 heteroatoms. The van der Waals surface area contributed by atoms with Gasteiger partial charge in [-0.3, -0.25) is 9.59 Å². The molecule has 0 aromatic carbocycles. The van der Waals surface area contributed by atoms with E-state index in [1.165, 1.54) is 11.3 Å². The average molecular weight is 256 g/mol. The van der Waals surface area contributed by atoms with E-state index in [2.05, 4.69) is 4.98 Å². The van der Waals surface area contributed by atoms with Gasteiger partial charge in [-0.2, -0.15) is 0 Å². The highest BCUT2D eigenvalue weighted by Gasteiger charge is 2.13. The van der Waals surface area contributed by atoms with Crippen molar-refractivity contribution < 1.29 is 14.7 Å². The number of aromatic nitrogens is 1. The summed E-state index contributed by atoms with van der Waals surface area (Å²) >= 11 is 1.53. The lowest BCUT2D eigenvalue weighted by molar-refractivity contribution is -0.138. The number of aliphatic carboxylic acids is 1. The van der Waals surface area contributed by atoms with E-state index in [1.54, 1.807) is 11.1 Å². The standard InChI is InChI=1S/C11H16N2O3S/c1-2-13(7-5-11(15)16)10(14)4-3-9-12-6-8-17-9/h6,8H,2-5,7H2,1H3,(H,15,16). The summed E-state index contributed by atoms with van der Waals surface area (Å²) in [6.07, 6.45) is 2.73. The number of hydrogen-bond donors (Lipinski definition) is 1. The number of rotatable bonds is 7. The molecule has 0 aliphatic heterocycles. The zero-order valence-corrected chi connectivity index (χ0v) is 10.6. The van der Waals surface area contributed by atoms with Crippen molar-refractivity contribution in [3.05, 3.63) is 16.6 Å². The van der Waals surface area contributed by atoms with Gasteiger partial charge in [0.15, 0.2) is 0 Å². The fraction of sp³-hybridized carbons (Fsp3) is 0.545. The molecule has 17 heavy (non-hydrogen) atoms. The Kier molecular flexibility index (Phi) is 5.62. The van der Waals surface area contributed by atoms with Gasteiger partial charge in [-0.1, -0.05) is 0 Å². The van der Waals surface area contributed by atoms with Gasteiger partial charge in [-0.25, -0.2) is 4.98 Å². The summed E-state index contributed by atoms with van der Waals surface area (Å²) in [7, 11) is 0. The lowest BCUT2D eigenvalue weighted by Gasteiger charge is -2.19. The Morgan fingerprint density at radius 1 is 1.47 bits per heavy atom. The van der Waals surface area contributed by atoms with E-state index >= 15 is 0 Å². The van der Waals surface area contributed by atoms with E-state index in [4.69, 9.17) is 5.11 Å². The minimum absolute atomic E-state index is 0.00314. The van der Waals surface area contributed by atoms with Crippen molar-refractivity contribution in [3.8, 4) is 0 Å². The third-order valence-corrected chi connectivity index (χ3v) is 3.21. The van der Waals surface area contributed by atoms with Gasteiger partial charge in [0.1, 0.15) is 0 Å². The molecule has 0 atom stereocenters. The van der Waals surface area contributed by atoms with Crippen molar-refractivity contribution in [3.63, 3.8) is 0 Å². The third kappa shape index (κ3) is 4.95. The summed E-state index contributed by atoms with van der Waals surface area (Å²) in [5.74, 6) is -0.889. The van der Waals surface area contributed by atoms with Gasteiger partial charge in [0.2, 0.25) is 5.91 Å². The first-order valence-corrected chi connectivity index (χ1v) is 6.39. The molecule has 0 saturated heterocycles. The molecule has 0 unspecified atom stereocenters. The number of aryl methyl sites for hydroxylation is 1. The van der Waals surface area contributed by atoms with E-state index in [0.29, 0.717) is 19.4 Å². The van der Waals surface area contributed by atoms with Crippen LogP contribution in [0.25, 0.3) is 0 Å². The maximum atomic E-state index is 11.8. The van der Waals surface area contributed by atoms with Crippen LogP contribution in [0, 0.1) is 0 Å². The Morgan fingerprint density at radius 2 is 2.24 bits per heavy atom. The second-order valence-corrected chi connectivity index (χ2v) is 4.52. The second-order valence-electron chi connectivity index (χ2n) is 3.54. The molecule has 1 heterocycles. The summed E-state index contributed by atoms with van der Waals surface area (Å²) in [5, 5.41) is 11.4. The molecule has 1 aromatic rings. The van der Waals surface area contributed by atoms with Crippen molar-refractivity contribution >= 4 is 23.2 Å². The maximum Gasteiger partial charge on any atom is 0.305 e. The fourth-order valence-corrected chi connectivity index (χ4v) is 2.06. The van der Waals surface area contributed by atoms with E-state index in [0.717, 1.165) is 5.01 Å². The number of carbonyl (C=O) groups excluding carboxylic acids is 1. The zero-order chi connectivity index (χ0) is 12.7. The van der Waals surface area contributed by atoms with Crippen LogP contribution in [0.4, 0.5) is 0 Å². The van der Waals surface area contributed by atoms with Crippen molar-refractivity contribution in [2.75, 3.05) is 13.1 Å². The van der Waals surface area contributed by atoms with Crippen LogP contribution in [0.2, 0.25) is 0 Å². The smallest absolute Gasteiger partial charge is 0.305 e. The van der Waals surface area contributed by atoms with Crippen molar-refractivity contribution in [2.45, 2.75) is 26.2 Å². The van der Waals surface area contributed by atoms with Crippen LogP contribution < -0.4 is 0 Å². The Hall–Kier alpha value is -1.43. The molecule has 0 aliphatic carbocycles. The molecule has 0 radical (unpaired) electrons. The highest BCUT2D eigenvalue weighted by molar-refractivity contribution is 7.09. The molecule has 1 aromatic heterocycles. The lowest BCUT2D eigenvalue weighted by atomic mass is 10.2. The minimum atomic E-state index is -0.879. The third-order valence-electron chi connectivity index (χ3n) is 2.37. The Labute approximate surface area is 104 Å². The molecular weight excluding hydrogens is 240 g/mol. The lowest BCUT2D eigenvalue weighted by Crippen LogP contribution is -2.32. The van der Waals surface area contributed by atoms with E-state index in [9.17, 15) is 9.59 Å². The largest absolute Gasteiger partial charge is 0.481 e. The summed E-state index contributed by atoms with van der Waals surface area (Å²) in [6, 6.07) is 0. The van der Waals surface area contributed by atoms with E-state index < -0.39 is 5.97 Å². The molecule has 94 valence electrons. The number of carboxylic acids is 1. The van der Waals surface area contributed by atoms with Gasteiger partial charge in [-0.15, -0.1) is 11.3 Å². The molecule has 1 amide bonds. The van der Waals surface area contributed by atoms with Crippen LogP contribution in [0.1, 0.15) is 24.8 Å². The number of carboxylic acid groups (broad SMARTS) is 1. The maximum absolute atomic E-state index is 11.8. The summed E-state index contributed by atoms with van der Waals surface area (Å²) in [4.78, 5) is 27.9. The van der Waals surface area contributed by atoms with Crippen LogP contribution in [0.5, 0.6) is 0 Å². The second kappa shape index (κ2) is 7.01. The van der Waals surface area contributed by atoms with Gasteiger partial charge in [0.25, 0.3) is 0 Å². The summed E-state index contributed by atoms with van der Waals surface area (Å²) < 4.78 is 0. The van der Waals surface area contributed by atoms with Gasteiger partial charge in [0.05, 0.1) is 11.4 Å². The minimum Gasteiger partial charge on any atom is -0.481 e. The molecule has 1 N–H and O–H groups in total. The normalized spacial score (nSPS) is 10.2. The monoisotopic (exact) mass is 256 g/mol. The van der Waals surface area contributed by atoms with Gasteiger partial charge in [0, 0.05) is 37.5 Å². The zero-order valence-electron chi connectivity index (χ0n) is 9.76. The first-order valence-electron chi connectivity index (χ1n) is 5.51. The molecule has 0 bridgehead atoms. The van der Waals surface area contributed by atoms with Crippen molar-refractivity contribution in [1.82, 2.24) is 9.88 Å². The molecule has 0 fully saturated rings.